The summed E-state index contributed by atoms with van der Waals surface area (Å²) < 4.78 is 44.6. The summed E-state index contributed by atoms with van der Waals surface area (Å²) in [5, 5.41) is 0. The van der Waals surface area contributed by atoms with Gasteiger partial charge < -0.3 is 4.74 Å². The lowest BCUT2D eigenvalue weighted by atomic mass is 10.1. The Morgan fingerprint density at radius 2 is 1.76 bits per heavy atom. The van der Waals surface area contributed by atoms with Gasteiger partial charge in [0.15, 0.2) is 0 Å². The van der Waals surface area contributed by atoms with Crippen LogP contribution in [0.4, 0.5) is 13.2 Å². The van der Waals surface area contributed by atoms with Crippen LogP contribution >= 0.6 is 15.9 Å². The summed E-state index contributed by atoms with van der Waals surface area (Å²) >= 11 is 3.34. The van der Waals surface area contributed by atoms with Crippen LogP contribution in [0.1, 0.15) is 29.7 Å². The predicted octanol–water partition coefficient (Wildman–Crippen LogP) is 5.75. The zero-order chi connectivity index (χ0) is 15.5. The molecule has 2 aromatic rings. The van der Waals surface area contributed by atoms with E-state index in [-0.39, 0.29) is 0 Å². The quantitative estimate of drug-likeness (QED) is 0.676. The molecule has 0 saturated carbocycles. The molecule has 0 fully saturated rings. The third kappa shape index (κ3) is 4.58. The van der Waals surface area contributed by atoms with Gasteiger partial charge in [-0.15, -0.1) is 0 Å². The third-order valence-electron chi connectivity index (χ3n) is 3.10. The van der Waals surface area contributed by atoms with Crippen molar-refractivity contribution in [2.24, 2.45) is 0 Å². The van der Waals surface area contributed by atoms with E-state index in [1.54, 1.807) is 13.0 Å². The Kier molecular flexibility index (Phi) is 5.06. The number of rotatable bonds is 4. The average Bonchev–Trinajstić information content (AvgIpc) is 2.45. The van der Waals surface area contributed by atoms with Gasteiger partial charge in [0.1, 0.15) is 0 Å². The summed E-state index contributed by atoms with van der Waals surface area (Å²) in [6.07, 6.45) is -4.74. The van der Waals surface area contributed by atoms with Crippen LogP contribution in [-0.4, -0.2) is 0 Å². The summed E-state index contributed by atoms with van der Waals surface area (Å²) in [7, 11) is 0. The summed E-state index contributed by atoms with van der Waals surface area (Å²) in [6.45, 7) is 2.10. The van der Waals surface area contributed by atoms with Crippen LogP contribution in [0.15, 0.2) is 53.0 Å². The fraction of sp³-hybridized carbons (Fsp3) is 0.250. The molecule has 5 heteroatoms. The molecule has 0 bridgehead atoms. The standard InChI is InChI=1S/C16H14BrF3O/c1-11(21-10-12-5-7-15(17)8-6-12)13-3-2-4-14(9-13)16(18,19)20/h2-9,11H,10H2,1H3. The Labute approximate surface area is 129 Å². The molecule has 0 N–H and O–H groups in total. The lowest BCUT2D eigenvalue weighted by Crippen LogP contribution is -2.07. The molecule has 1 unspecified atom stereocenters. The summed E-state index contributed by atoms with van der Waals surface area (Å²) in [4.78, 5) is 0. The smallest absolute Gasteiger partial charge is 0.369 e. The normalized spacial score (nSPS) is 13.2. The minimum absolute atomic E-state index is 0.352. The fourth-order valence-electron chi connectivity index (χ4n) is 1.87. The summed E-state index contributed by atoms with van der Waals surface area (Å²) in [6, 6.07) is 12.8. The van der Waals surface area contributed by atoms with Gasteiger partial charge in [-0.25, -0.2) is 0 Å². The van der Waals surface area contributed by atoms with Gasteiger partial charge in [0.05, 0.1) is 18.3 Å². The van der Waals surface area contributed by atoms with Crippen molar-refractivity contribution in [1.82, 2.24) is 0 Å². The number of benzene rings is 2. The number of ether oxygens (including phenoxy) is 1. The van der Waals surface area contributed by atoms with Crippen molar-refractivity contribution in [2.75, 3.05) is 0 Å². The van der Waals surface area contributed by atoms with Gasteiger partial charge in [0, 0.05) is 4.47 Å². The van der Waals surface area contributed by atoms with Gasteiger partial charge in [-0.05, 0) is 42.3 Å². The largest absolute Gasteiger partial charge is 0.416 e. The molecule has 0 radical (unpaired) electrons. The maximum absolute atomic E-state index is 12.7. The average molecular weight is 359 g/mol. The molecular weight excluding hydrogens is 345 g/mol. The molecule has 0 amide bonds. The van der Waals surface area contributed by atoms with Gasteiger partial charge in [-0.3, -0.25) is 0 Å². The molecule has 1 nitrogen and oxygen atoms in total. The second kappa shape index (κ2) is 6.62. The summed E-state index contributed by atoms with van der Waals surface area (Å²) in [5.41, 5.74) is 0.832. The number of alkyl halides is 3. The van der Waals surface area contributed by atoms with E-state index in [0.717, 1.165) is 22.2 Å². The zero-order valence-corrected chi connectivity index (χ0v) is 12.9. The SMILES string of the molecule is CC(OCc1ccc(Br)cc1)c1cccc(C(F)(F)F)c1. The van der Waals surface area contributed by atoms with E-state index in [4.69, 9.17) is 4.74 Å². The van der Waals surface area contributed by atoms with Crippen molar-refractivity contribution in [3.8, 4) is 0 Å². The van der Waals surface area contributed by atoms with Gasteiger partial charge in [0.2, 0.25) is 0 Å². The second-order valence-electron chi connectivity index (χ2n) is 4.70. The monoisotopic (exact) mass is 358 g/mol. The van der Waals surface area contributed by atoms with Crippen molar-refractivity contribution >= 4 is 15.9 Å². The highest BCUT2D eigenvalue weighted by atomic mass is 79.9. The Hall–Kier alpha value is -1.33. The van der Waals surface area contributed by atoms with Crippen LogP contribution in [0.3, 0.4) is 0 Å². The van der Waals surface area contributed by atoms with Crippen LogP contribution < -0.4 is 0 Å². The maximum Gasteiger partial charge on any atom is 0.416 e. The van der Waals surface area contributed by atoms with E-state index in [9.17, 15) is 13.2 Å². The molecule has 21 heavy (non-hydrogen) atoms. The molecule has 0 spiro atoms. The Bertz CT molecular complexity index is 593. The number of hydrogen-bond donors (Lipinski definition) is 0. The Morgan fingerprint density at radius 3 is 2.38 bits per heavy atom. The van der Waals surface area contributed by atoms with Crippen molar-refractivity contribution in [2.45, 2.75) is 25.8 Å². The van der Waals surface area contributed by atoms with Crippen LogP contribution in [0.2, 0.25) is 0 Å². The van der Waals surface area contributed by atoms with E-state index >= 15 is 0 Å². The van der Waals surface area contributed by atoms with Crippen molar-refractivity contribution in [1.29, 1.82) is 0 Å². The van der Waals surface area contributed by atoms with Crippen LogP contribution in [0.5, 0.6) is 0 Å². The van der Waals surface area contributed by atoms with Crippen LogP contribution in [0, 0.1) is 0 Å². The van der Waals surface area contributed by atoms with Gasteiger partial charge >= 0.3 is 6.18 Å². The van der Waals surface area contributed by atoms with Crippen molar-refractivity contribution in [3.63, 3.8) is 0 Å². The lowest BCUT2D eigenvalue weighted by molar-refractivity contribution is -0.137. The molecule has 1 atom stereocenters. The molecule has 0 aliphatic carbocycles. The number of halogens is 4. The first-order valence-corrected chi connectivity index (χ1v) is 7.19. The van der Waals surface area contributed by atoms with Crippen molar-refractivity contribution in [3.05, 3.63) is 69.7 Å². The maximum atomic E-state index is 12.7. The van der Waals surface area contributed by atoms with Gasteiger partial charge in [0.25, 0.3) is 0 Å². The van der Waals surface area contributed by atoms with E-state index in [2.05, 4.69) is 15.9 Å². The zero-order valence-electron chi connectivity index (χ0n) is 11.3. The van der Waals surface area contributed by atoms with E-state index in [0.29, 0.717) is 12.2 Å². The first kappa shape index (κ1) is 16.0. The topological polar surface area (TPSA) is 9.23 Å². The molecule has 0 aromatic heterocycles. The molecule has 0 aliphatic rings. The molecule has 2 rings (SSSR count). The van der Waals surface area contributed by atoms with Crippen LogP contribution in [0.25, 0.3) is 0 Å². The van der Waals surface area contributed by atoms with Gasteiger partial charge in [-0.2, -0.15) is 13.2 Å². The minimum atomic E-state index is -4.33. The highest BCUT2D eigenvalue weighted by Gasteiger charge is 2.30. The van der Waals surface area contributed by atoms with E-state index < -0.39 is 17.8 Å². The highest BCUT2D eigenvalue weighted by Crippen LogP contribution is 2.31. The summed E-state index contributed by atoms with van der Waals surface area (Å²) in [5.74, 6) is 0. The second-order valence-corrected chi connectivity index (χ2v) is 5.62. The first-order chi connectivity index (χ1) is 9.86. The molecule has 112 valence electrons. The molecular formula is C16H14BrF3O. The Morgan fingerprint density at radius 1 is 1.10 bits per heavy atom. The molecule has 0 aliphatic heterocycles. The lowest BCUT2D eigenvalue weighted by Gasteiger charge is -2.15. The molecule has 2 aromatic carbocycles. The highest BCUT2D eigenvalue weighted by molar-refractivity contribution is 9.10. The number of hydrogen-bond acceptors (Lipinski definition) is 1. The Balaban J connectivity index is 2.03. The first-order valence-electron chi connectivity index (χ1n) is 6.39. The fourth-order valence-corrected chi connectivity index (χ4v) is 2.13. The third-order valence-corrected chi connectivity index (χ3v) is 3.63. The van der Waals surface area contributed by atoms with Crippen molar-refractivity contribution < 1.29 is 17.9 Å². The minimum Gasteiger partial charge on any atom is -0.369 e. The van der Waals surface area contributed by atoms with E-state index in [1.165, 1.54) is 6.07 Å². The molecule has 0 heterocycles. The van der Waals surface area contributed by atoms with Gasteiger partial charge in [-0.1, -0.05) is 40.2 Å². The van der Waals surface area contributed by atoms with E-state index in [1.807, 2.05) is 24.3 Å². The predicted molar refractivity (Wildman–Crippen MR) is 78.8 cm³/mol. The molecule has 0 saturated heterocycles. The van der Waals surface area contributed by atoms with Crippen LogP contribution in [-0.2, 0) is 17.5 Å².